The third kappa shape index (κ3) is 4.43. The van der Waals surface area contributed by atoms with Gasteiger partial charge in [0.2, 0.25) is 0 Å². The lowest BCUT2D eigenvalue weighted by Gasteiger charge is -2.04. The van der Waals surface area contributed by atoms with Crippen LogP contribution in [0.15, 0.2) is 48.5 Å². The molecule has 17 heavy (non-hydrogen) atoms. The minimum absolute atomic E-state index is 0.750. The fourth-order valence-electron chi connectivity index (χ4n) is 1.77. The lowest BCUT2D eigenvalue weighted by Crippen LogP contribution is -1.81. The van der Waals surface area contributed by atoms with Crippen LogP contribution >= 0.6 is 0 Å². The molecule has 0 atom stereocenters. The summed E-state index contributed by atoms with van der Waals surface area (Å²) in [5, 5.41) is 14.2. The number of hydrogen-bond acceptors (Lipinski definition) is 2. The monoisotopic (exact) mass is 228 g/mol. The molecule has 0 unspecified atom stereocenters. The fraction of sp³-hybridized carbons (Fsp3) is 0.143. The van der Waals surface area contributed by atoms with Crippen molar-refractivity contribution < 1.29 is 10.0 Å². The molecule has 0 heterocycles. The van der Waals surface area contributed by atoms with E-state index in [1.165, 1.54) is 22.3 Å². The molecule has 0 aliphatic heterocycles. The molecule has 0 bridgehead atoms. The van der Waals surface area contributed by atoms with Crippen LogP contribution in [0, 0.1) is 13.8 Å². The van der Waals surface area contributed by atoms with Crippen molar-refractivity contribution in [3.05, 3.63) is 59.7 Å². The van der Waals surface area contributed by atoms with Crippen molar-refractivity contribution in [1.82, 2.24) is 0 Å². The van der Waals surface area contributed by atoms with Crippen LogP contribution in [0.5, 0.6) is 0 Å². The van der Waals surface area contributed by atoms with Crippen LogP contribution in [-0.4, -0.2) is 17.7 Å². The first-order valence-corrected chi connectivity index (χ1v) is 5.53. The van der Waals surface area contributed by atoms with Crippen LogP contribution in [0.25, 0.3) is 11.1 Å². The van der Waals surface area contributed by atoms with Crippen molar-refractivity contribution >= 4 is 7.69 Å². The van der Waals surface area contributed by atoms with Crippen molar-refractivity contribution in [3.63, 3.8) is 0 Å². The maximum absolute atomic E-state index is 7.12. The van der Waals surface area contributed by atoms with E-state index in [4.69, 9.17) is 10.0 Å². The van der Waals surface area contributed by atoms with Gasteiger partial charge in [-0.1, -0.05) is 59.7 Å². The zero-order valence-electron chi connectivity index (χ0n) is 10.2. The Morgan fingerprint density at radius 3 is 1.71 bits per heavy atom. The third-order valence-electron chi connectivity index (χ3n) is 2.33. The zero-order valence-corrected chi connectivity index (χ0v) is 10.2. The summed E-state index contributed by atoms with van der Waals surface area (Å²) in [6.45, 7) is 4.28. The summed E-state index contributed by atoms with van der Waals surface area (Å²) >= 11 is 0. The molecule has 0 aliphatic rings. The molecule has 0 aliphatic carbocycles. The molecule has 88 valence electrons. The Bertz CT molecular complexity index is 435. The number of aryl methyl sites for hydroxylation is 2. The average Bonchev–Trinajstić information content (AvgIpc) is 2.30. The molecule has 0 fully saturated rings. The summed E-state index contributed by atoms with van der Waals surface area (Å²) in [6.07, 6.45) is 0. The molecule has 2 aromatic rings. The molecule has 0 saturated heterocycles. The van der Waals surface area contributed by atoms with Crippen molar-refractivity contribution in [2.45, 2.75) is 13.8 Å². The highest BCUT2D eigenvalue weighted by Gasteiger charge is 1.97. The standard InChI is InChI=1S/C14H14.BH3O2/c1-11-8-12(2)10-14(9-11)13-6-4-3-5-7-13;2-1-3/h3-10H,1-2H3;1-3H. The van der Waals surface area contributed by atoms with Gasteiger partial charge in [-0.3, -0.25) is 0 Å². The molecule has 3 heteroatoms. The third-order valence-corrected chi connectivity index (χ3v) is 2.33. The summed E-state index contributed by atoms with van der Waals surface area (Å²) in [7, 11) is -0.750. The first kappa shape index (κ1) is 13.5. The summed E-state index contributed by atoms with van der Waals surface area (Å²) in [4.78, 5) is 0. The van der Waals surface area contributed by atoms with E-state index < -0.39 is 7.69 Å². The van der Waals surface area contributed by atoms with Gasteiger partial charge in [0.1, 0.15) is 0 Å². The van der Waals surface area contributed by atoms with Crippen LogP contribution in [0.2, 0.25) is 0 Å². The molecular formula is C14H17BO2. The molecule has 0 spiro atoms. The molecule has 0 amide bonds. The Hall–Kier alpha value is -1.58. The highest BCUT2D eigenvalue weighted by molar-refractivity contribution is 6.13. The van der Waals surface area contributed by atoms with Crippen LogP contribution in [-0.2, 0) is 0 Å². The molecule has 0 saturated carbocycles. The van der Waals surface area contributed by atoms with Gasteiger partial charge in [-0.25, -0.2) is 0 Å². The predicted molar refractivity (Wildman–Crippen MR) is 72.9 cm³/mol. The van der Waals surface area contributed by atoms with E-state index >= 15 is 0 Å². The number of hydrogen-bond donors (Lipinski definition) is 2. The molecule has 0 radical (unpaired) electrons. The lowest BCUT2D eigenvalue weighted by molar-refractivity contribution is 0.448. The van der Waals surface area contributed by atoms with Crippen molar-refractivity contribution in [2.24, 2.45) is 0 Å². The topological polar surface area (TPSA) is 40.5 Å². The van der Waals surface area contributed by atoms with Crippen LogP contribution in [0.4, 0.5) is 0 Å². The van der Waals surface area contributed by atoms with E-state index in [-0.39, 0.29) is 0 Å². The summed E-state index contributed by atoms with van der Waals surface area (Å²) < 4.78 is 0. The number of benzene rings is 2. The van der Waals surface area contributed by atoms with Crippen molar-refractivity contribution in [1.29, 1.82) is 0 Å². The van der Waals surface area contributed by atoms with Gasteiger partial charge in [0.25, 0.3) is 0 Å². The van der Waals surface area contributed by atoms with E-state index in [1.807, 2.05) is 6.07 Å². The first-order chi connectivity index (χ1) is 8.17. The maximum atomic E-state index is 7.12. The van der Waals surface area contributed by atoms with Gasteiger partial charge in [-0.05, 0) is 25.0 Å². The Morgan fingerprint density at radius 1 is 0.765 bits per heavy atom. The second kappa shape index (κ2) is 6.89. The van der Waals surface area contributed by atoms with Crippen LogP contribution in [0.3, 0.4) is 0 Å². The summed E-state index contributed by atoms with van der Waals surface area (Å²) in [6, 6.07) is 17.1. The van der Waals surface area contributed by atoms with E-state index in [9.17, 15) is 0 Å². The van der Waals surface area contributed by atoms with Crippen LogP contribution in [0.1, 0.15) is 11.1 Å². The average molecular weight is 228 g/mol. The van der Waals surface area contributed by atoms with Crippen molar-refractivity contribution in [3.8, 4) is 11.1 Å². The van der Waals surface area contributed by atoms with E-state index in [1.54, 1.807) is 0 Å². The second-order valence-electron chi connectivity index (χ2n) is 3.88. The second-order valence-corrected chi connectivity index (χ2v) is 3.88. The predicted octanol–water partition coefficient (Wildman–Crippen LogP) is 2.21. The molecule has 2 nitrogen and oxygen atoms in total. The Balaban J connectivity index is 0.000000437. The van der Waals surface area contributed by atoms with Gasteiger partial charge in [-0.15, -0.1) is 0 Å². The Labute approximate surface area is 103 Å². The van der Waals surface area contributed by atoms with Gasteiger partial charge in [0, 0.05) is 0 Å². The van der Waals surface area contributed by atoms with Gasteiger partial charge in [0.15, 0.2) is 0 Å². The summed E-state index contributed by atoms with van der Waals surface area (Å²) in [5.41, 5.74) is 5.25. The van der Waals surface area contributed by atoms with Crippen LogP contribution < -0.4 is 0 Å². The highest BCUT2D eigenvalue weighted by Crippen LogP contribution is 2.21. The lowest BCUT2D eigenvalue weighted by atomic mass is 10.0. The van der Waals surface area contributed by atoms with Gasteiger partial charge in [0.05, 0.1) is 0 Å². The molecule has 2 rings (SSSR count). The quantitative estimate of drug-likeness (QED) is 0.734. The van der Waals surface area contributed by atoms with E-state index in [0.717, 1.165) is 0 Å². The van der Waals surface area contributed by atoms with Gasteiger partial charge >= 0.3 is 7.69 Å². The number of rotatable bonds is 1. The minimum Gasteiger partial charge on any atom is -0.430 e. The van der Waals surface area contributed by atoms with E-state index in [2.05, 4.69) is 56.3 Å². The summed E-state index contributed by atoms with van der Waals surface area (Å²) in [5.74, 6) is 0. The fourth-order valence-corrected chi connectivity index (χ4v) is 1.77. The SMILES string of the molecule is Cc1cc(C)cc(-c2ccccc2)c1.OBO. The normalized spacial score (nSPS) is 9.18. The molecule has 2 N–H and O–H groups in total. The van der Waals surface area contributed by atoms with Gasteiger partial charge < -0.3 is 10.0 Å². The first-order valence-electron chi connectivity index (χ1n) is 5.53. The smallest absolute Gasteiger partial charge is 0.430 e. The largest absolute Gasteiger partial charge is 0.432 e. The Kier molecular flexibility index (Phi) is 5.47. The van der Waals surface area contributed by atoms with E-state index in [0.29, 0.717) is 0 Å². The maximum Gasteiger partial charge on any atom is 0.432 e. The molecule has 0 aromatic heterocycles. The highest BCUT2D eigenvalue weighted by atomic mass is 16.4. The molecule has 2 aromatic carbocycles. The zero-order chi connectivity index (χ0) is 12.7. The van der Waals surface area contributed by atoms with Gasteiger partial charge in [-0.2, -0.15) is 0 Å². The van der Waals surface area contributed by atoms with Crippen molar-refractivity contribution in [2.75, 3.05) is 0 Å². The Morgan fingerprint density at radius 2 is 1.24 bits per heavy atom. The molecular weight excluding hydrogens is 211 g/mol. The minimum atomic E-state index is -0.750.